The molecule has 0 spiro atoms. The highest BCUT2D eigenvalue weighted by molar-refractivity contribution is 6.30. The Hall–Kier alpha value is -3.01. The fourth-order valence-electron chi connectivity index (χ4n) is 4.82. The molecule has 38 heavy (non-hydrogen) atoms. The molecule has 2 heterocycles. The Bertz CT molecular complexity index is 1180. The summed E-state index contributed by atoms with van der Waals surface area (Å²) in [5.74, 6) is -1.45. The molecule has 1 saturated carbocycles. The van der Waals surface area contributed by atoms with Crippen molar-refractivity contribution >= 4 is 29.5 Å². The highest BCUT2D eigenvalue weighted by Crippen LogP contribution is 2.45. The van der Waals surface area contributed by atoms with Gasteiger partial charge in [0.25, 0.3) is 5.91 Å². The number of nitrogens with one attached hydrogen (secondary N) is 2. The number of imide groups is 1. The highest BCUT2D eigenvalue weighted by Gasteiger charge is 2.52. The smallest absolute Gasteiger partial charge is 0.407 e. The topological polar surface area (TPSA) is 121 Å². The number of pyridine rings is 1. The zero-order valence-electron chi connectivity index (χ0n) is 22.0. The molecule has 0 bridgehead atoms. The second-order valence-electron chi connectivity index (χ2n) is 11.0. The number of rotatable bonds is 8. The molecule has 1 saturated heterocycles. The minimum atomic E-state index is -1.84. The van der Waals surface area contributed by atoms with E-state index in [0.717, 1.165) is 17.5 Å². The largest absolute Gasteiger partial charge is 0.444 e. The molecule has 0 radical (unpaired) electrons. The lowest BCUT2D eigenvalue weighted by Crippen LogP contribution is -2.53. The van der Waals surface area contributed by atoms with Crippen LogP contribution in [0.4, 0.5) is 4.79 Å². The second-order valence-corrected chi connectivity index (χ2v) is 11.4. The summed E-state index contributed by atoms with van der Waals surface area (Å²) >= 11 is 6.28. The van der Waals surface area contributed by atoms with Gasteiger partial charge in [0.15, 0.2) is 5.60 Å². The lowest BCUT2D eigenvalue weighted by molar-refractivity contribution is -0.148. The molecule has 1 aromatic heterocycles. The summed E-state index contributed by atoms with van der Waals surface area (Å²) in [6.07, 6.45) is 3.75. The number of carbonyl (C=O) groups excluding carboxylic acids is 3. The number of hydrogen-bond donors (Lipinski definition) is 3. The van der Waals surface area contributed by atoms with Gasteiger partial charge in [-0.05, 0) is 88.4 Å². The predicted octanol–water partition coefficient (Wildman–Crippen LogP) is 3.66. The van der Waals surface area contributed by atoms with Gasteiger partial charge in [-0.3, -0.25) is 24.8 Å². The van der Waals surface area contributed by atoms with Gasteiger partial charge in [0.2, 0.25) is 5.91 Å². The van der Waals surface area contributed by atoms with E-state index in [2.05, 4.69) is 15.6 Å². The number of hydrogen-bond acceptors (Lipinski definition) is 7. The van der Waals surface area contributed by atoms with Gasteiger partial charge in [-0.2, -0.15) is 0 Å². The average Bonchev–Trinajstić information content (AvgIpc) is 3.61. The summed E-state index contributed by atoms with van der Waals surface area (Å²) < 4.78 is 5.33. The van der Waals surface area contributed by atoms with Gasteiger partial charge in [0, 0.05) is 30.2 Å². The molecule has 1 unspecified atom stereocenters. The van der Waals surface area contributed by atoms with Gasteiger partial charge < -0.3 is 15.2 Å². The Morgan fingerprint density at radius 3 is 2.55 bits per heavy atom. The normalized spacial score (nSPS) is 19.4. The van der Waals surface area contributed by atoms with Crippen LogP contribution in [-0.4, -0.2) is 51.1 Å². The van der Waals surface area contributed by atoms with E-state index in [1.54, 1.807) is 45.0 Å². The van der Waals surface area contributed by atoms with E-state index in [1.807, 2.05) is 17.0 Å². The van der Waals surface area contributed by atoms with Crippen LogP contribution in [0.5, 0.6) is 0 Å². The van der Waals surface area contributed by atoms with Gasteiger partial charge in [-0.25, -0.2) is 4.79 Å². The Labute approximate surface area is 227 Å². The fraction of sp³-hybridized carbons (Fsp3) is 0.500. The number of benzene rings is 1. The zero-order valence-corrected chi connectivity index (χ0v) is 22.8. The third-order valence-electron chi connectivity index (χ3n) is 6.84. The molecule has 4 rings (SSSR count). The first-order chi connectivity index (χ1) is 18.0. The Kier molecular flexibility index (Phi) is 8.40. The van der Waals surface area contributed by atoms with Crippen LogP contribution in [-0.2, 0) is 33.0 Å². The van der Waals surface area contributed by atoms with Gasteiger partial charge in [0.1, 0.15) is 5.60 Å². The third-order valence-corrected chi connectivity index (χ3v) is 7.07. The van der Waals surface area contributed by atoms with Crippen molar-refractivity contribution in [3.8, 4) is 0 Å². The number of halogens is 1. The number of likely N-dealkylation sites (tertiary alicyclic amines) is 1. The predicted molar refractivity (Wildman–Crippen MR) is 142 cm³/mol. The van der Waals surface area contributed by atoms with Gasteiger partial charge in [-0.15, -0.1) is 0 Å². The molecule has 1 aromatic carbocycles. The average molecular weight is 543 g/mol. The van der Waals surface area contributed by atoms with Crippen LogP contribution < -0.4 is 10.6 Å². The summed E-state index contributed by atoms with van der Waals surface area (Å²) in [7, 11) is 0. The quantitative estimate of drug-likeness (QED) is 0.465. The lowest BCUT2D eigenvalue weighted by Gasteiger charge is -2.28. The van der Waals surface area contributed by atoms with Crippen LogP contribution >= 0.6 is 11.6 Å². The SMILES string of the molecule is CC(C)(C)OC(=O)NCc1ccc(Cl)cc1CN1CCC[C@H]1C(=O)NC(=O)C(O)(c1ccccn1)C1CC1. The summed E-state index contributed by atoms with van der Waals surface area (Å²) in [5, 5.41) is 17.1. The minimum absolute atomic E-state index is 0.239. The van der Waals surface area contributed by atoms with E-state index in [0.29, 0.717) is 37.4 Å². The van der Waals surface area contributed by atoms with Crippen molar-refractivity contribution in [2.45, 2.75) is 76.8 Å². The fourth-order valence-corrected chi connectivity index (χ4v) is 5.01. The van der Waals surface area contributed by atoms with Crippen LogP contribution in [0.25, 0.3) is 0 Å². The maximum absolute atomic E-state index is 13.3. The maximum Gasteiger partial charge on any atom is 0.407 e. The Morgan fingerprint density at radius 1 is 1.13 bits per heavy atom. The van der Waals surface area contributed by atoms with E-state index < -0.39 is 35.2 Å². The molecule has 2 atom stereocenters. The molecule has 10 heteroatoms. The van der Waals surface area contributed by atoms with E-state index in [1.165, 1.54) is 6.20 Å². The molecule has 3 N–H and O–H groups in total. The summed E-state index contributed by atoms with van der Waals surface area (Å²) in [6.45, 7) is 6.70. The molecule has 204 valence electrons. The molecular formula is C28H35ClN4O5. The summed E-state index contributed by atoms with van der Waals surface area (Å²) in [6, 6.07) is 9.89. The summed E-state index contributed by atoms with van der Waals surface area (Å²) in [4.78, 5) is 44.8. The molecule has 3 amide bonds. The lowest BCUT2D eigenvalue weighted by atomic mass is 9.91. The van der Waals surface area contributed by atoms with Crippen LogP contribution in [0.1, 0.15) is 63.3 Å². The van der Waals surface area contributed by atoms with E-state index in [4.69, 9.17) is 16.3 Å². The van der Waals surface area contributed by atoms with Crippen molar-refractivity contribution in [1.29, 1.82) is 0 Å². The van der Waals surface area contributed by atoms with Crippen molar-refractivity contribution in [1.82, 2.24) is 20.5 Å². The van der Waals surface area contributed by atoms with Gasteiger partial charge in [-0.1, -0.05) is 23.7 Å². The molecule has 2 aromatic rings. The van der Waals surface area contributed by atoms with Crippen molar-refractivity contribution in [3.05, 3.63) is 64.4 Å². The number of aromatic nitrogens is 1. The second kappa shape index (κ2) is 11.4. The number of amides is 3. The molecular weight excluding hydrogens is 508 g/mol. The molecule has 2 aliphatic rings. The summed E-state index contributed by atoms with van der Waals surface area (Å²) in [5.41, 5.74) is -0.489. The first-order valence-corrected chi connectivity index (χ1v) is 13.3. The van der Waals surface area contributed by atoms with Crippen molar-refractivity contribution < 1.29 is 24.2 Å². The van der Waals surface area contributed by atoms with Crippen LogP contribution in [0.15, 0.2) is 42.6 Å². The maximum atomic E-state index is 13.3. The third kappa shape index (κ3) is 6.70. The first kappa shape index (κ1) is 28.0. The number of nitrogens with zero attached hydrogens (tertiary/aromatic N) is 2. The molecule has 1 aliphatic heterocycles. The molecule has 2 fully saturated rings. The van der Waals surface area contributed by atoms with Gasteiger partial charge in [0.05, 0.1) is 11.7 Å². The monoisotopic (exact) mass is 542 g/mol. The Morgan fingerprint density at radius 2 is 1.89 bits per heavy atom. The van der Waals surface area contributed by atoms with Crippen molar-refractivity contribution in [2.75, 3.05) is 6.54 Å². The Balaban J connectivity index is 1.44. The number of ether oxygens (including phenoxy) is 1. The van der Waals surface area contributed by atoms with Crippen LogP contribution in [0.3, 0.4) is 0 Å². The zero-order chi connectivity index (χ0) is 27.5. The van der Waals surface area contributed by atoms with Crippen LogP contribution in [0, 0.1) is 5.92 Å². The van der Waals surface area contributed by atoms with Gasteiger partial charge >= 0.3 is 6.09 Å². The van der Waals surface area contributed by atoms with E-state index in [-0.39, 0.29) is 18.2 Å². The van der Waals surface area contributed by atoms with Crippen LogP contribution in [0.2, 0.25) is 5.02 Å². The first-order valence-electron chi connectivity index (χ1n) is 12.9. The van der Waals surface area contributed by atoms with Crippen molar-refractivity contribution in [3.63, 3.8) is 0 Å². The number of alkyl carbamates (subject to hydrolysis) is 1. The number of aliphatic hydroxyl groups is 1. The van der Waals surface area contributed by atoms with E-state index >= 15 is 0 Å². The van der Waals surface area contributed by atoms with E-state index in [9.17, 15) is 19.5 Å². The van der Waals surface area contributed by atoms with Crippen molar-refractivity contribution in [2.24, 2.45) is 5.92 Å². The molecule has 9 nitrogen and oxygen atoms in total. The standard InChI is InChI=1S/C28H35ClN4O5/c1-27(2,3)38-26(36)31-16-18-9-12-21(29)15-19(18)17-33-14-6-7-22(33)24(34)32-25(35)28(37,20-10-11-20)23-8-4-5-13-30-23/h4-5,8-9,12-13,15,20,22,37H,6-7,10-11,14,16-17H2,1-3H3,(H,31,36)(H,32,34,35)/t22-,28?/m0/s1. The molecule has 1 aliphatic carbocycles. The minimum Gasteiger partial charge on any atom is -0.444 e. The number of carbonyl (C=O) groups is 3. The highest BCUT2D eigenvalue weighted by atomic mass is 35.5.